The molecule has 8 heteroatoms. The Kier molecular flexibility index (Phi) is 11.2. The van der Waals surface area contributed by atoms with Crippen LogP contribution in [0.4, 0.5) is 11.4 Å². The van der Waals surface area contributed by atoms with Crippen LogP contribution in [0.1, 0.15) is 62.7 Å². The predicted molar refractivity (Wildman–Crippen MR) is 137 cm³/mol. The van der Waals surface area contributed by atoms with Gasteiger partial charge >= 0.3 is 0 Å². The maximum absolute atomic E-state index is 12.5. The largest absolute Gasteiger partial charge is 0.492 e. The molecule has 0 fully saturated rings. The molecule has 0 unspecified atom stereocenters. The molecule has 0 bridgehead atoms. The van der Waals surface area contributed by atoms with Gasteiger partial charge in [0.1, 0.15) is 5.75 Å². The van der Waals surface area contributed by atoms with Gasteiger partial charge in [-0.3, -0.25) is 14.9 Å². The lowest BCUT2D eigenvalue weighted by Crippen LogP contribution is -2.34. The highest BCUT2D eigenvalue weighted by Gasteiger charge is 2.11. The second-order valence-electron chi connectivity index (χ2n) is 7.34. The molecule has 6 nitrogen and oxygen atoms in total. The van der Waals surface area contributed by atoms with Crippen molar-refractivity contribution in [3.63, 3.8) is 0 Å². The molecule has 0 saturated heterocycles. The third-order valence-corrected chi connectivity index (χ3v) is 5.41. The number of nitrogens with one attached hydrogen (secondary N) is 3. The Hall–Kier alpha value is -2.45. The standard InChI is InChI=1S/C24H30BrN3O3S/c1-3-5-7-11-22(29)26-18-9-8-10-19(16-18)27-24(32)28-23(30)17-12-13-21(20(25)15-17)31-14-6-4-2/h8-10,12-13,15-16H,3-7,11,14H2,1-2H3,(H,26,29)(H2,27,28,30,32). The van der Waals surface area contributed by atoms with Crippen LogP contribution in [-0.2, 0) is 4.79 Å². The average molecular weight is 520 g/mol. The molecule has 0 atom stereocenters. The molecule has 2 amide bonds. The minimum Gasteiger partial charge on any atom is -0.492 e. The van der Waals surface area contributed by atoms with E-state index in [1.54, 1.807) is 24.3 Å². The van der Waals surface area contributed by atoms with E-state index in [9.17, 15) is 9.59 Å². The smallest absolute Gasteiger partial charge is 0.257 e. The number of ether oxygens (including phenoxy) is 1. The van der Waals surface area contributed by atoms with E-state index < -0.39 is 0 Å². The van der Waals surface area contributed by atoms with Gasteiger partial charge in [-0.1, -0.05) is 39.2 Å². The van der Waals surface area contributed by atoms with Crippen LogP contribution in [0, 0.1) is 0 Å². The van der Waals surface area contributed by atoms with Crippen LogP contribution < -0.4 is 20.7 Å². The van der Waals surface area contributed by atoms with Gasteiger partial charge < -0.3 is 15.4 Å². The van der Waals surface area contributed by atoms with E-state index in [1.165, 1.54) is 0 Å². The Morgan fingerprint density at radius 1 is 0.969 bits per heavy atom. The first-order valence-electron chi connectivity index (χ1n) is 10.9. The van der Waals surface area contributed by atoms with Crippen molar-refractivity contribution in [2.45, 2.75) is 52.4 Å². The molecule has 0 aliphatic rings. The van der Waals surface area contributed by atoms with E-state index in [4.69, 9.17) is 17.0 Å². The topological polar surface area (TPSA) is 79.5 Å². The third kappa shape index (κ3) is 8.96. The Bertz CT molecular complexity index is 936. The lowest BCUT2D eigenvalue weighted by molar-refractivity contribution is -0.116. The fourth-order valence-electron chi connectivity index (χ4n) is 2.86. The van der Waals surface area contributed by atoms with E-state index >= 15 is 0 Å². The molecule has 0 spiro atoms. The van der Waals surface area contributed by atoms with Crippen LogP contribution >= 0.6 is 28.1 Å². The summed E-state index contributed by atoms with van der Waals surface area (Å²) in [4.78, 5) is 24.6. The highest BCUT2D eigenvalue weighted by Crippen LogP contribution is 2.26. The number of carbonyl (C=O) groups excluding carboxylic acids is 2. The van der Waals surface area contributed by atoms with Gasteiger partial charge in [0, 0.05) is 23.4 Å². The van der Waals surface area contributed by atoms with Crippen LogP contribution in [0.3, 0.4) is 0 Å². The van der Waals surface area contributed by atoms with Crippen LogP contribution in [0.25, 0.3) is 0 Å². The van der Waals surface area contributed by atoms with Crippen LogP contribution in [0.2, 0.25) is 0 Å². The fourth-order valence-corrected chi connectivity index (χ4v) is 3.56. The third-order valence-electron chi connectivity index (χ3n) is 4.59. The first-order valence-corrected chi connectivity index (χ1v) is 12.1. The highest BCUT2D eigenvalue weighted by molar-refractivity contribution is 9.10. The Balaban J connectivity index is 1.90. The molecule has 2 aromatic rings. The normalized spacial score (nSPS) is 10.3. The number of thiocarbonyl (C=S) groups is 1. The van der Waals surface area contributed by atoms with Crippen molar-refractivity contribution in [3.8, 4) is 5.75 Å². The molecule has 0 radical (unpaired) electrons. The number of unbranched alkanes of at least 4 members (excludes halogenated alkanes) is 3. The summed E-state index contributed by atoms with van der Waals surface area (Å²) in [5.41, 5.74) is 1.80. The molecular formula is C24H30BrN3O3S. The van der Waals surface area contributed by atoms with Gasteiger partial charge in [-0.05, 0) is 77.4 Å². The van der Waals surface area contributed by atoms with Gasteiger partial charge in [-0.15, -0.1) is 0 Å². The van der Waals surface area contributed by atoms with E-state index in [0.717, 1.165) is 32.1 Å². The van der Waals surface area contributed by atoms with E-state index in [2.05, 4.69) is 45.7 Å². The maximum Gasteiger partial charge on any atom is 0.257 e. The summed E-state index contributed by atoms with van der Waals surface area (Å²) in [6, 6.07) is 12.4. The molecule has 0 aliphatic heterocycles. The Morgan fingerprint density at radius 2 is 1.69 bits per heavy atom. The van der Waals surface area contributed by atoms with Gasteiger partial charge in [-0.2, -0.15) is 0 Å². The first-order chi connectivity index (χ1) is 15.4. The number of rotatable bonds is 11. The number of anilines is 2. The molecule has 0 heterocycles. The molecule has 0 saturated carbocycles. The zero-order chi connectivity index (χ0) is 23.3. The number of halogens is 1. The summed E-state index contributed by atoms with van der Waals surface area (Å²) in [7, 11) is 0. The second-order valence-corrected chi connectivity index (χ2v) is 8.60. The quantitative estimate of drug-likeness (QED) is 0.240. The van der Waals surface area contributed by atoms with Crippen molar-refractivity contribution in [2.24, 2.45) is 0 Å². The summed E-state index contributed by atoms with van der Waals surface area (Å²) in [6.45, 7) is 4.84. The SMILES string of the molecule is CCCCCC(=O)Nc1cccc(NC(=S)NC(=O)c2ccc(OCCCC)c(Br)c2)c1. The molecule has 0 aromatic heterocycles. The lowest BCUT2D eigenvalue weighted by atomic mass is 10.2. The molecule has 32 heavy (non-hydrogen) atoms. The van der Waals surface area contributed by atoms with Crippen molar-refractivity contribution < 1.29 is 14.3 Å². The van der Waals surface area contributed by atoms with Gasteiger partial charge in [0.15, 0.2) is 5.11 Å². The fraction of sp³-hybridized carbons (Fsp3) is 0.375. The number of hydrogen-bond acceptors (Lipinski definition) is 4. The number of hydrogen-bond donors (Lipinski definition) is 3. The van der Waals surface area contributed by atoms with E-state index in [-0.39, 0.29) is 16.9 Å². The zero-order valence-corrected chi connectivity index (χ0v) is 20.9. The number of amides is 2. The van der Waals surface area contributed by atoms with Gasteiger partial charge in [0.2, 0.25) is 5.91 Å². The van der Waals surface area contributed by atoms with Crippen molar-refractivity contribution in [3.05, 3.63) is 52.5 Å². The maximum atomic E-state index is 12.5. The molecular weight excluding hydrogens is 490 g/mol. The minimum atomic E-state index is -0.330. The van der Waals surface area contributed by atoms with Crippen molar-refractivity contribution >= 4 is 56.4 Å². The summed E-state index contributed by atoms with van der Waals surface area (Å²) in [5, 5.41) is 8.70. The van der Waals surface area contributed by atoms with Crippen molar-refractivity contribution in [2.75, 3.05) is 17.2 Å². The molecule has 2 rings (SSSR count). The van der Waals surface area contributed by atoms with Gasteiger partial charge in [0.25, 0.3) is 5.91 Å². The zero-order valence-electron chi connectivity index (χ0n) is 18.5. The summed E-state index contributed by atoms with van der Waals surface area (Å²) in [5.74, 6) is 0.354. The molecule has 2 aromatic carbocycles. The minimum absolute atomic E-state index is 0.0147. The van der Waals surface area contributed by atoms with Gasteiger partial charge in [-0.25, -0.2) is 0 Å². The molecule has 3 N–H and O–H groups in total. The predicted octanol–water partition coefficient (Wildman–Crippen LogP) is 6.27. The average Bonchev–Trinajstić information content (AvgIpc) is 2.75. The monoisotopic (exact) mass is 519 g/mol. The lowest BCUT2D eigenvalue weighted by Gasteiger charge is -2.12. The number of benzene rings is 2. The summed E-state index contributed by atoms with van der Waals surface area (Å²) in [6.07, 6.45) is 5.50. The molecule has 172 valence electrons. The summed E-state index contributed by atoms with van der Waals surface area (Å²) >= 11 is 8.72. The van der Waals surface area contributed by atoms with Crippen LogP contribution in [0.15, 0.2) is 46.9 Å². The second kappa shape index (κ2) is 13.9. The summed E-state index contributed by atoms with van der Waals surface area (Å²) < 4.78 is 6.40. The Morgan fingerprint density at radius 3 is 2.38 bits per heavy atom. The Labute approximate surface area is 203 Å². The first kappa shape index (κ1) is 25.8. The van der Waals surface area contributed by atoms with E-state index in [1.807, 2.05) is 18.2 Å². The van der Waals surface area contributed by atoms with Crippen LogP contribution in [-0.4, -0.2) is 23.5 Å². The van der Waals surface area contributed by atoms with Gasteiger partial charge in [0.05, 0.1) is 11.1 Å². The highest BCUT2D eigenvalue weighted by atomic mass is 79.9. The molecule has 0 aliphatic carbocycles. The number of carbonyl (C=O) groups is 2. The van der Waals surface area contributed by atoms with Crippen LogP contribution in [0.5, 0.6) is 5.75 Å². The van der Waals surface area contributed by atoms with Crippen molar-refractivity contribution in [1.82, 2.24) is 5.32 Å². The van der Waals surface area contributed by atoms with E-state index in [0.29, 0.717) is 40.2 Å². The van der Waals surface area contributed by atoms with Crippen molar-refractivity contribution in [1.29, 1.82) is 0 Å².